The van der Waals surface area contributed by atoms with E-state index in [-0.39, 0.29) is 5.91 Å². The van der Waals surface area contributed by atoms with Crippen LogP contribution < -0.4 is 5.32 Å². The molecule has 18 heavy (non-hydrogen) atoms. The topological polar surface area (TPSA) is 84.1 Å². The molecular weight excluding hydrogens is 234 g/mol. The number of aryl methyl sites for hydroxylation is 1. The van der Waals surface area contributed by atoms with E-state index in [0.29, 0.717) is 11.3 Å². The highest BCUT2D eigenvalue weighted by Gasteiger charge is 2.37. The number of methoxy groups -OCH3 is 1. The van der Waals surface area contributed by atoms with E-state index < -0.39 is 11.9 Å². The first-order valence-corrected chi connectivity index (χ1v) is 5.49. The molecule has 3 rings (SSSR count). The molecule has 0 saturated carbocycles. The number of esters is 1. The Kier molecular flexibility index (Phi) is 2.13. The van der Waals surface area contributed by atoms with Crippen LogP contribution >= 0.6 is 0 Å². The molecule has 1 aliphatic rings. The van der Waals surface area contributed by atoms with Crippen LogP contribution in [0.25, 0.3) is 11.0 Å². The number of aromatic nitrogens is 2. The van der Waals surface area contributed by atoms with E-state index in [2.05, 4.69) is 20.0 Å². The zero-order valence-corrected chi connectivity index (χ0v) is 9.90. The fourth-order valence-electron chi connectivity index (χ4n) is 2.25. The molecule has 1 aromatic carbocycles. The van der Waals surface area contributed by atoms with Gasteiger partial charge in [-0.05, 0) is 19.1 Å². The van der Waals surface area contributed by atoms with E-state index in [1.165, 1.54) is 7.11 Å². The molecule has 0 aliphatic carbocycles. The van der Waals surface area contributed by atoms with Crippen molar-refractivity contribution in [3.8, 4) is 0 Å². The number of imidazole rings is 1. The number of ether oxygens (including phenoxy) is 1. The van der Waals surface area contributed by atoms with E-state index in [9.17, 15) is 9.59 Å². The average molecular weight is 245 g/mol. The number of amides is 1. The van der Waals surface area contributed by atoms with Gasteiger partial charge in [0, 0.05) is 11.3 Å². The van der Waals surface area contributed by atoms with Crippen LogP contribution in [0.5, 0.6) is 0 Å². The molecule has 2 heterocycles. The third-order valence-corrected chi connectivity index (χ3v) is 3.04. The minimum Gasteiger partial charge on any atom is -0.468 e. The molecule has 1 aliphatic heterocycles. The summed E-state index contributed by atoms with van der Waals surface area (Å²) in [5.41, 5.74) is 2.81. The molecule has 2 N–H and O–H groups in total. The molecule has 1 unspecified atom stereocenters. The summed E-state index contributed by atoms with van der Waals surface area (Å²) in [6.07, 6.45) is 0. The number of hydrogen-bond donors (Lipinski definition) is 2. The van der Waals surface area contributed by atoms with Crippen molar-refractivity contribution in [2.24, 2.45) is 0 Å². The summed E-state index contributed by atoms with van der Waals surface area (Å²) in [4.78, 5) is 30.7. The van der Waals surface area contributed by atoms with Crippen molar-refractivity contribution in [1.29, 1.82) is 0 Å². The SMILES string of the molecule is COC(=O)C1C(=O)Nc2cc3nc(C)[nH]c3cc21. The first-order valence-electron chi connectivity index (χ1n) is 5.49. The maximum absolute atomic E-state index is 11.8. The van der Waals surface area contributed by atoms with E-state index >= 15 is 0 Å². The van der Waals surface area contributed by atoms with Crippen LogP contribution in [0.3, 0.4) is 0 Å². The summed E-state index contributed by atoms with van der Waals surface area (Å²) in [5, 5.41) is 2.67. The van der Waals surface area contributed by atoms with Crippen LogP contribution in [0.4, 0.5) is 5.69 Å². The molecule has 2 aromatic rings. The van der Waals surface area contributed by atoms with Gasteiger partial charge >= 0.3 is 5.97 Å². The second kappa shape index (κ2) is 3.56. The van der Waals surface area contributed by atoms with E-state index in [1.807, 2.05) is 6.92 Å². The van der Waals surface area contributed by atoms with Crippen LogP contribution in [0.15, 0.2) is 12.1 Å². The molecule has 0 spiro atoms. The second-order valence-corrected chi connectivity index (χ2v) is 4.22. The van der Waals surface area contributed by atoms with Gasteiger partial charge < -0.3 is 15.0 Å². The summed E-state index contributed by atoms with van der Waals surface area (Å²) < 4.78 is 4.65. The molecule has 0 radical (unpaired) electrons. The molecule has 0 bridgehead atoms. The van der Waals surface area contributed by atoms with Gasteiger partial charge in [0.15, 0.2) is 5.92 Å². The molecule has 1 atom stereocenters. The van der Waals surface area contributed by atoms with E-state index in [4.69, 9.17) is 0 Å². The highest BCUT2D eigenvalue weighted by molar-refractivity contribution is 6.16. The van der Waals surface area contributed by atoms with Crippen molar-refractivity contribution >= 4 is 28.6 Å². The van der Waals surface area contributed by atoms with Gasteiger partial charge in [0.25, 0.3) is 0 Å². The lowest BCUT2D eigenvalue weighted by atomic mass is 10.0. The molecule has 0 fully saturated rings. The summed E-state index contributed by atoms with van der Waals surface area (Å²) in [6, 6.07) is 3.53. The number of rotatable bonds is 1. The number of hydrogen-bond acceptors (Lipinski definition) is 4. The second-order valence-electron chi connectivity index (χ2n) is 4.22. The van der Waals surface area contributed by atoms with Crippen LogP contribution in [-0.4, -0.2) is 29.0 Å². The van der Waals surface area contributed by atoms with Gasteiger partial charge in [0.2, 0.25) is 5.91 Å². The average Bonchev–Trinajstić information content (AvgIpc) is 2.82. The van der Waals surface area contributed by atoms with Gasteiger partial charge in [-0.15, -0.1) is 0 Å². The standard InChI is InChI=1S/C12H11N3O3/c1-5-13-8-3-6-7(4-9(8)14-5)15-11(16)10(6)12(17)18-2/h3-4,10H,1-2H3,(H,13,14)(H,15,16). The van der Waals surface area contributed by atoms with Crippen molar-refractivity contribution in [1.82, 2.24) is 9.97 Å². The first kappa shape index (κ1) is 10.8. The fraction of sp³-hybridized carbons (Fsp3) is 0.250. The fourth-order valence-corrected chi connectivity index (χ4v) is 2.25. The lowest BCUT2D eigenvalue weighted by molar-refractivity contribution is -0.144. The van der Waals surface area contributed by atoms with Gasteiger partial charge in [-0.25, -0.2) is 4.98 Å². The number of nitrogens with one attached hydrogen (secondary N) is 2. The molecule has 6 nitrogen and oxygen atoms in total. The predicted molar refractivity (Wildman–Crippen MR) is 64.2 cm³/mol. The Morgan fingerprint density at radius 3 is 2.94 bits per heavy atom. The lowest BCUT2D eigenvalue weighted by Crippen LogP contribution is -2.21. The maximum Gasteiger partial charge on any atom is 0.322 e. The zero-order valence-electron chi connectivity index (χ0n) is 9.90. The van der Waals surface area contributed by atoms with Gasteiger partial charge in [-0.3, -0.25) is 9.59 Å². The zero-order chi connectivity index (χ0) is 12.9. The monoisotopic (exact) mass is 245 g/mol. The van der Waals surface area contributed by atoms with Crippen molar-refractivity contribution in [2.75, 3.05) is 12.4 Å². The van der Waals surface area contributed by atoms with Crippen molar-refractivity contribution in [2.45, 2.75) is 12.8 Å². The highest BCUT2D eigenvalue weighted by atomic mass is 16.5. The van der Waals surface area contributed by atoms with Gasteiger partial charge in [0.1, 0.15) is 5.82 Å². The lowest BCUT2D eigenvalue weighted by Gasteiger charge is -2.05. The number of carbonyl (C=O) groups excluding carboxylic acids is 2. The number of nitrogens with zero attached hydrogens (tertiary/aromatic N) is 1. The third-order valence-electron chi connectivity index (χ3n) is 3.04. The summed E-state index contributed by atoms with van der Waals surface area (Å²) >= 11 is 0. The quantitative estimate of drug-likeness (QED) is 0.581. The number of aromatic amines is 1. The van der Waals surface area contributed by atoms with Gasteiger partial charge in [-0.1, -0.05) is 0 Å². The van der Waals surface area contributed by atoms with Crippen molar-refractivity contribution < 1.29 is 14.3 Å². The molecular formula is C12H11N3O3. The first-order chi connectivity index (χ1) is 8.60. The Labute approximate surface area is 102 Å². The third kappa shape index (κ3) is 1.38. The van der Waals surface area contributed by atoms with Crippen LogP contribution in [0.1, 0.15) is 17.3 Å². The minimum atomic E-state index is -0.891. The summed E-state index contributed by atoms with van der Waals surface area (Å²) in [6.45, 7) is 1.85. The number of carbonyl (C=O) groups is 2. The van der Waals surface area contributed by atoms with Crippen LogP contribution in [0.2, 0.25) is 0 Å². The Morgan fingerprint density at radius 2 is 2.22 bits per heavy atom. The Balaban J connectivity index is 2.19. The van der Waals surface area contributed by atoms with Crippen LogP contribution in [-0.2, 0) is 14.3 Å². The largest absolute Gasteiger partial charge is 0.468 e. The molecule has 1 aromatic heterocycles. The van der Waals surface area contributed by atoms with Gasteiger partial charge in [0.05, 0.1) is 18.1 Å². The summed E-state index contributed by atoms with van der Waals surface area (Å²) in [5.74, 6) is -1.02. The normalized spacial score (nSPS) is 17.7. The highest BCUT2D eigenvalue weighted by Crippen LogP contribution is 2.35. The number of fused-ring (bicyclic) bond motifs is 2. The van der Waals surface area contributed by atoms with Crippen molar-refractivity contribution in [3.63, 3.8) is 0 Å². The predicted octanol–water partition coefficient (Wildman–Crippen LogP) is 1.08. The van der Waals surface area contributed by atoms with Gasteiger partial charge in [-0.2, -0.15) is 0 Å². The Morgan fingerprint density at radius 1 is 1.44 bits per heavy atom. The van der Waals surface area contributed by atoms with E-state index in [1.54, 1.807) is 12.1 Å². The summed E-state index contributed by atoms with van der Waals surface area (Å²) in [7, 11) is 1.27. The van der Waals surface area contributed by atoms with E-state index in [0.717, 1.165) is 16.9 Å². The molecule has 0 saturated heterocycles. The number of H-pyrrole nitrogens is 1. The maximum atomic E-state index is 11.8. The Bertz CT molecular complexity index is 675. The number of benzene rings is 1. The molecule has 1 amide bonds. The molecule has 6 heteroatoms. The smallest absolute Gasteiger partial charge is 0.322 e. The van der Waals surface area contributed by atoms with Crippen LogP contribution in [0, 0.1) is 6.92 Å². The Hall–Kier alpha value is -2.37. The molecule has 92 valence electrons. The number of anilines is 1. The minimum absolute atomic E-state index is 0.360. The van der Waals surface area contributed by atoms with Crippen molar-refractivity contribution in [3.05, 3.63) is 23.5 Å².